The largest absolute Gasteiger partial charge is 0.481 e. The number of ether oxygens (including phenoxy) is 1. The van der Waals surface area contributed by atoms with E-state index in [1.807, 2.05) is 24.3 Å². The maximum absolute atomic E-state index is 12.6. The fourth-order valence-corrected chi connectivity index (χ4v) is 5.21. The number of aliphatic carboxylic acids is 1. The van der Waals surface area contributed by atoms with E-state index in [0.717, 1.165) is 35.1 Å². The van der Waals surface area contributed by atoms with Crippen molar-refractivity contribution < 1.29 is 24.2 Å². The predicted octanol–water partition coefficient (Wildman–Crippen LogP) is 4.45. The number of fused-ring (bicyclic) bond motifs is 3. The third-order valence-electron chi connectivity index (χ3n) is 6.82. The summed E-state index contributed by atoms with van der Waals surface area (Å²) in [5.41, 5.74) is 3.74. The molecule has 1 saturated carbocycles. The van der Waals surface area contributed by atoms with Crippen molar-refractivity contribution in [2.24, 2.45) is 5.92 Å². The zero-order valence-electron chi connectivity index (χ0n) is 19.7. The van der Waals surface area contributed by atoms with Crippen LogP contribution in [0.5, 0.6) is 0 Å². The number of carbonyl (C=O) groups is 3. The highest BCUT2D eigenvalue weighted by atomic mass is 16.5. The van der Waals surface area contributed by atoms with Crippen molar-refractivity contribution in [3.05, 3.63) is 59.7 Å². The molecule has 0 aliphatic heterocycles. The van der Waals surface area contributed by atoms with Crippen molar-refractivity contribution in [1.82, 2.24) is 10.6 Å². The van der Waals surface area contributed by atoms with E-state index in [2.05, 4.69) is 34.9 Å². The molecule has 2 aromatic carbocycles. The van der Waals surface area contributed by atoms with Crippen molar-refractivity contribution >= 4 is 18.0 Å². The SMILES string of the molecule is CC(C)(CC(=O)N[C@H]1CCCC[C@H]1C(=O)O)NC(=O)OCC1c2ccccc2-c2ccccc21. The Morgan fingerprint density at radius 1 is 0.971 bits per heavy atom. The highest BCUT2D eigenvalue weighted by molar-refractivity contribution is 5.81. The average Bonchev–Trinajstić information content (AvgIpc) is 3.11. The number of nitrogens with one attached hydrogen (secondary N) is 2. The molecule has 2 aromatic rings. The van der Waals surface area contributed by atoms with E-state index in [9.17, 15) is 19.5 Å². The summed E-state index contributed by atoms with van der Waals surface area (Å²) in [6.07, 6.45) is 2.43. The van der Waals surface area contributed by atoms with Gasteiger partial charge in [0.25, 0.3) is 0 Å². The molecule has 0 radical (unpaired) electrons. The molecule has 2 atom stereocenters. The Hall–Kier alpha value is -3.35. The molecular formula is C27H32N2O5. The van der Waals surface area contributed by atoms with Gasteiger partial charge in [-0.1, -0.05) is 61.4 Å². The van der Waals surface area contributed by atoms with Crippen LogP contribution >= 0.6 is 0 Å². The van der Waals surface area contributed by atoms with Crippen molar-refractivity contribution in [1.29, 1.82) is 0 Å². The summed E-state index contributed by atoms with van der Waals surface area (Å²) in [5.74, 6) is -1.75. The van der Waals surface area contributed by atoms with Crippen molar-refractivity contribution in [2.75, 3.05) is 6.61 Å². The number of amides is 2. The van der Waals surface area contributed by atoms with Crippen molar-refractivity contribution in [2.45, 2.75) is 63.5 Å². The van der Waals surface area contributed by atoms with Crippen LogP contribution in [0.3, 0.4) is 0 Å². The minimum absolute atomic E-state index is 0.0278. The van der Waals surface area contributed by atoms with Crippen LogP contribution in [-0.2, 0) is 14.3 Å². The van der Waals surface area contributed by atoms with Gasteiger partial charge in [-0.25, -0.2) is 4.79 Å². The lowest BCUT2D eigenvalue weighted by Crippen LogP contribution is -2.50. The molecular weight excluding hydrogens is 432 g/mol. The normalized spacial score (nSPS) is 19.6. The van der Waals surface area contributed by atoms with E-state index in [4.69, 9.17) is 4.74 Å². The second-order valence-corrected chi connectivity index (χ2v) is 9.91. The topological polar surface area (TPSA) is 105 Å². The molecule has 4 rings (SSSR count). The number of benzene rings is 2. The lowest BCUT2D eigenvalue weighted by atomic mass is 9.84. The maximum atomic E-state index is 12.6. The van der Waals surface area contributed by atoms with Crippen molar-refractivity contribution in [3.63, 3.8) is 0 Å². The molecule has 0 bridgehead atoms. The molecule has 2 aliphatic carbocycles. The molecule has 0 aromatic heterocycles. The molecule has 7 nitrogen and oxygen atoms in total. The second kappa shape index (κ2) is 9.87. The molecule has 0 saturated heterocycles. The molecule has 0 heterocycles. The van der Waals surface area contributed by atoms with Crippen LogP contribution < -0.4 is 10.6 Å². The lowest BCUT2D eigenvalue weighted by molar-refractivity contribution is -0.144. The van der Waals surface area contributed by atoms with E-state index in [1.165, 1.54) is 0 Å². The summed E-state index contributed by atoms with van der Waals surface area (Å²) in [4.78, 5) is 36.7. The van der Waals surface area contributed by atoms with Gasteiger partial charge in [0.1, 0.15) is 6.61 Å². The standard InChI is InChI=1S/C27H32N2O5/c1-27(2,15-24(30)28-23-14-8-7-13-21(23)25(31)32)29-26(33)34-16-22-19-11-5-3-9-17(19)18-10-4-6-12-20(18)22/h3-6,9-12,21-23H,7-8,13-16H2,1-2H3,(H,28,30)(H,29,33)(H,31,32)/t21-,23+/m1/s1. The maximum Gasteiger partial charge on any atom is 0.407 e. The van der Waals surface area contributed by atoms with Crippen LogP contribution in [0.1, 0.15) is 63.0 Å². The van der Waals surface area contributed by atoms with Crippen LogP contribution in [-0.4, -0.2) is 41.3 Å². The number of carboxylic acid groups (broad SMARTS) is 1. The molecule has 1 fully saturated rings. The highest BCUT2D eigenvalue weighted by Gasteiger charge is 2.34. The van der Waals surface area contributed by atoms with Gasteiger partial charge in [-0.2, -0.15) is 0 Å². The molecule has 180 valence electrons. The Kier molecular flexibility index (Phi) is 6.91. The molecule has 3 N–H and O–H groups in total. The van der Waals surface area contributed by atoms with Crippen LogP contribution in [0.25, 0.3) is 11.1 Å². The number of carbonyl (C=O) groups excluding carboxylic acids is 2. The Labute approximate surface area is 199 Å². The number of alkyl carbamates (subject to hydrolysis) is 1. The van der Waals surface area contributed by atoms with Crippen molar-refractivity contribution in [3.8, 4) is 11.1 Å². The van der Waals surface area contributed by atoms with Gasteiger partial charge >= 0.3 is 12.1 Å². The van der Waals surface area contributed by atoms with E-state index in [-0.39, 0.29) is 30.9 Å². The van der Waals surface area contributed by atoms with Gasteiger partial charge in [0, 0.05) is 23.9 Å². The molecule has 34 heavy (non-hydrogen) atoms. The summed E-state index contributed by atoms with van der Waals surface area (Å²) in [6.45, 7) is 3.71. The average molecular weight is 465 g/mol. The monoisotopic (exact) mass is 464 g/mol. The van der Waals surface area contributed by atoms with Gasteiger partial charge in [0.15, 0.2) is 0 Å². The fourth-order valence-electron chi connectivity index (χ4n) is 5.21. The molecule has 7 heteroatoms. The number of rotatable bonds is 7. The summed E-state index contributed by atoms with van der Waals surface area (Å²) in [6, 6.07) is 15.9. The molecule has 2 amide bonds. The van der Waals surface area contributed by atoms with E-state index in [0.29, 0.717) is 12.8 Å². The predicted molar refractivity (Wildman–Crippen MR) is 128 cm³/mol. The first-order valence-corrected chi connectivity index (χ1v) is 11.9. The summed E-state index contributed by atoms with van der Waals surface area (Å²) in [5, 5.41) is 15.1. The molecule has 0 spiro atoms. The Morgan fingerprint density at radius 3 is 2.18 bits per heavy atom. The highest BCUT2D eigenvalue weighted by Crippen LogP contribution is 2.44. The Balaban J connectivity index is 1.32. The van der Waals surface area contributed by atoms with Gasteiger partial charge in [-0.15, -0.1) is 0 Å². The van der Waals surface area contributed by atoms with Gasteiger partial charge < -0.3 is 20.5 Å². The number of hydrogen-bond acceptors (Lipinski definition) is 4. The lowest BCUT2D eigenvalue weighted by Gasteiger charge is -2.31. The first kappa shape index (κ1) is 23.8. The minimum atomic E-state index is -0.874. The van der Waals surface area contributed by atoms with Gasteiger partial charge in [0.2, 0.25) is 5.91 Å². The van der Waals surface area contributed by atoms with E-state index in [1.54, 1.807) is 13.8 Å². The van der Waals surface area contributed by atoms with Crippen LogP contribution in [0.2, 0.25) is 0 Å². The summed E-state index contributed by atoms with van der Waals surface area (Å²) < 4.78 is 5.60. The third kappa shape index (κ3) is 5.24. The van der Waals surface area contributed by atoms with Gasteiger partial charge in [-0.3, -0.25) is 9.59 Å². The van der Waals surface area contributed by atoms with Crippen LogP contribution in [0.4, 0.5) is 4.79 Å². The molecule has 0 unspecified atom stereocenters. The number of carboxylic acids is 1. The zero-order valence-corrected chi connectivity index (χ0v) is 19.7. The number of hydrogen-bond donors (Lipinski definition) is 3. The summed E-state index contributed by atoms with van der Waals surface area (Å²) >= 11 is 0. The summed E-state index contributed by atoms with van der Waals surface area (Å²) in [7, 11) is 0. The Morgan fingerprint density at radius 2 is 1.56 bits per heavy atom. The quantitative estimate of drug-likeness (QED) is 0.561. The smallest absolute Gasteiger partial charge is 0.407 e. The molecule has 2 aliphatic rings. The van der Waals surface area contributed by atoms with E-state index >= 15 is 0 Å². The second-order valence-electron chi connectivity index (χ2n) is 9.91. The van der Waals surface area contributed by atoms with Gasteiger partial charge in [-0.05, 0) is 48.9 Å². The third-order valence-corrected chi connectivity index (χ3v) is 6.82. The van der Waals surface area contributed by atoms with Gasteiger partial charge in [0.05, 0.1) is 5.92 Å². The first-order chi connectivity index (χ1) is 16.2. The zero-order chi connectivity index (χ0) is 24.3. The van der Waals surface area contributed by atoms with E-state index < -0.39 is 23.5 Å². The Bertz CT molecular complexity index is 1030. The fraction of sp³-hybridized carbons (Fsp3) is 0.444. The first-order valence-electron chi connectivity index (χ1n) is 11.9. The van der Waals surface area contributed by atoms with Crippen LogP contribution in [0.15, 0.2) is 48.5 Å². The van der Waals surface area contributed by atoms with Crippen LogP contribution in [0, 0.1) is 5.92 Å². The minimum Gasteiger partial charge on any atom is -0.481 e.